The zero-order valence-corrected chi connectivity index (χ0v) is 13.2. The molecule has 2 aromatic heterocycles. The largest absolute Gasteiger partial charge is 0.464 e. The molecular weight excluding hydrogens is 282 g/mol. The molecule has 0 fully saturated rings. The Kier molecular flexibility index (Phi) is 3.55. The first-order chi connectivity index (χ1) is 10.1. The van der Waals surface area contributed by atoms with Gasteiger partial charge in [0.25, 0.3) is 5.91 Å². The van der Waals surface area contributed by atoms with Gasteiger partial charge in [0.15, 0.2) is 0 Å². The number of carbonyl (C=O) groups is 1. The second-order valence-corrected chi connectivity index (χ2v) is 6.28. The fraction of sp³-hybridized carbons (Fsp3) is 0.235. The molecule has 0 radical (unpaired) electrons. The predicted octanol–water partition coefficient (Wildman–Crippen LogP) is 4.38. The van der Waals surface area contributed by atoms with E-state index in [2.05, 4.69) is 12.1 Å². The summed E-state index contributed by atoms with van der Waals surface area (Å²) in [6.07, 6.45) is 0. The van der Waals surface area contributed by atoms with Gasteiger partial charge in [-0.3, -0.25) is 4.79 Å². The lowest BCUT2D eigenvalue weighted by Crippen LogP contribution is -2.25. The molecule has 0 bridgehead atoms. The molecule has 1 amide bonds. The van der Waals surface area contributed by atoms with E-state index >= 15 is 0 Å². The van der Waals surface area contributed by atoms with Crippen LogP contribution in [0, 0.1) is 13.8 Å². The number of hydrogen-bond donors (Lipinski definition) is 0. The fourth-order valence-corrected chi connectivity index (χ4v) is 3.63. The molecule has 108 valence electrons. The first-order valence-electron chi connectivity index (χ1n) is 6.85. The van der Waals surface area contributed by atoms with Crippen LogP contribution in [-0.2, 0) is 6.54 Å². The van der Waals surface area contributed by atoms with Crippen molar-refractivity contribution in [3.8, 4) is 0 Å². The molecular formula is C17H17NO2S. The van der Waals surface area contributed by atoms with Gasteiger partial charge in [-0.1, -0.05) is 18.2 Å². The molecule has 3 rings (SSSR count). The molecule has 0 spiro atoms. The highest BCUT2D eigenvalue weighted by molar-refractivity contribution is 7.21. The Morgan fingerprint density at radius 1 is 1.19 bits per heavy atom. The maximum Gasteiger partial charge on any atom is 0.264 e. The second kappa shape index (κ2) is 5.37. The Balaban J connectivity index is 1.87. The molecule has 0 saturated carbocycles. The second-order valence-electron chi connectivity index (χ2n) is 5.23. The van der Waals surface area contributed by atoms with Crippen molar-refractivity contribution in [1.82, 2.24) is 4.90 Å². The summed E-state index contributed by atoms with van der Waals surface area (Å²) >= 11 is 1.55. The molecule has 0 aliphatic heterocycles. The topological polar surface area (TPSA) is 33.5 Å². The normalized spacial score (nSPS) is 11.0. The van der Waals surface area contributed by atoms with Crippen molar-refractivity contribution >= 4 is 27.3 Å². The minimum absolute atomic E-state index is 0.0442. The van der Waals surface area contributed by atoms with Crippen LogP contribution in [0.25, 0.3) is 10.1 Å². The van der Waals surface area contributed by atoms with E-state index in [1.165, 1.54) is 0 Å². The van der Waals surface area contributed by atoms with Gasteiger partial charge in [-0.05, 0) is 43.0 Å². The van der Waals surface area contributed by atoms with E-state index in [1.54, 1.807) is 16.2 Å². The molecule has 21 heavy (non-hydrogen) atoms. The third-order valence-corrected chi connectivity index (χ3v) is 4.83. The maximum atomic E-state index is 12.6. The monoisotopic (exact) mass is 299 g/mol. The zero-order valence-electron chi connectivity index (χ0n) is 12.3. The van der Waals surface area contributed by atoms with Crippen molar-refractivity contribution in [3.05, 3.63) is 58.4 Å². The van der Waals surface area contributed by atoms with E-state index in [4.69, 9.17) is 4.42 Å². The van der Waals surface area contributed by atoms with Gasteiger partial charge in [0.2, 0.25) is 0 Å². The van der Waals surface area contributed by atoms with Crippen LogP contribution in [0.2, 0.25) is 0 Å². The Hall–Kier alpha value is -2.07. The lowest BCUT2D eigenvalue weighted by molar-refractivity contribution is 0.0779. The third kappa shape index (κ3) is 2.59. The predicted molar refractivity (Wildman–Crippen MR) is 85.8 cm³/mol. The van der Waals surface area contributed by atoms with Gasteiger partial charge in [0, 0.05) is 11.7 Å². The van der Waals surface area contributed by atoms with Crippen LogP contribution in [0.5, 0.6) is 0 Å². The summed E-state index contributed by atoms with van der Waals surface area (Å²) in [6.45, 7) is 4.40. The highest BCUT2D eigenvalue weighted by atomic mass is 32.1. The smallest absolute Gasteiger partial charge is 0.264 e. The average molecular weight is 299 g/mol. The number of rotatable bonds is 3. The Labute approximate surface area is 127 Å². The maximum absolute atomic E-state index is 12.6. The van der Waals surface area contributed by atoms with E-state index in [1.807, 2.05) is 45.2 Å². The number of fused-ring (bicyclic) bond motifs is 1. The summed E-state index contributed by atoms with van der Waals surface area (Å²) < 4.78 is 6.69. The van der Waals surface area contributed by atoms with Gasteiger partial charge in [-0.25, -0.2) is 0 Å². The molecule has 3 nitrogen and oxygen atoms in total. The number of nitrogens with zero attached hydrogens (tertiary/aromatic N) is 1. The third-order valence-electron chi connectivity index (χ3n) is 3.57. The Morgan fingerprint density at radius 3 is 2.62 bits per heavy atom. The quantitative estimate of drug-likeness (QED) is 0.719. The molecule has 0 saturated heterocycles. The SMILES string of the molecule is Cc1ccc(CN(C)C(=O)c2sc3ccccc3c2C)o1. The molecule has 0 unspecified atom stereocenters. The number of amides is 1. The highest BCUT2D eigenvalue weighted by Gasteiger charge is 2.19. The lowest BCUT2D eigenvalue weighted by Gasteiger charge is -2.15. The summed E-state index contributed by atoms with van der Waals surface area (Å²) in [5.41, 5.74) is 1.06. The van der Waals surface area contributed by atoms with Crippen LogP contribution in [-0.4, -0.2) is 17.9 Å². The molecule has 4 heteroatoms. The molecule has 2 heterocycles. The lowest BCUT2D eigenvalue weighted by atomic mass is 10.1. The number of carbonyl (C=O) groups excluding carboxylic acids is 1. The molecule has 3 aromatic rings. The first-order valence-corrected chi connectivity index (χ1v) is 7.67. The highest BCUT2D eigenvalue weighted by Crippen LogP contribution is 2.31. The molecule has 1 aromatic carbocycles. The standard InChI is InChI=1S/C17H17NO2S/c1-11-8-9-13(20-11)10-18(3)17(19)16-12(2)14-6-4-5-7-15(14)21-16/h4-9H,10H2,1-3H3. The fourth-order valence-electron chi connectivity index (χ4n) is 2.43. The van der Waals surface area contributed by atoms with E-state index in [0.29, 0.717) is 6.54 Å². The summed E-state index contributed by atoms with van der Waals surface area (Å²) in [6, 6.07) is 12.0. The van der Waals surface area contributed by atoms with Crippen molar-refractivity contribution in [2.75, 3.05) is 7.05 Å². The first kappa shape index (κ1) is 13.9. The van der Waals surface area contributed by atoms with Crippen molar-refractivity contribution in [1.29, 1.82) is 0 Å². The van der Waals surface area contributed by atoms with Gasteiger partial charge < -0.3 is 9.32 Å². The minimum Gasteiger partial charge on any atom is -0.464 e. The van der Waals surface area contributed by atoms with Crippen molar-refractivity contribution in [2.24, 2.45) is 0 Å². The van der Waals surface area contributed by atoms with Crippen LogP contribution < -0.4 is 0 Å². The van der Waals surface area contributed by atoms with Gasteiger partial charge >= 0.3 is 0 Å². The summed E-state index contributed by atoms with van der Waals surface area (Å²) in [7, 11) is 1.81. The number of hydrogen-bond acceptors (Lipinski definition) is 3. The van der Waals surface area contributed by atoms with Crippen LogP contribution in [0.1, 0.15) is 26.8 Å². The summed E-state index contributed by atoms with van der Waals surface area (Å²) in [4.78, 5) is 15.2. The Morgan fingerprint density at radius 2 is 1.95 bits per heavy atom. The van der Waals surface area contributed by atoms with Crippen molar-refractivity contribution < 1.29 is 9.21 Å². The minimum atomic E-state index is 0.0442. The summed E-state index contributed by atoms with van der Waals surface area (Å²) in [5, 5.41) is 1.16. The molecule has 0 N–H and O–H groups in total. The number of furan rings is 1. The van der Waals surface area contributed by atoms with Crippen molar-refractivity contribution in [2.45, 2.75) is 20.4 Å². The van der Waals surface area contributed by atoms with E-state index in [9.17, 15) is 4.79 Å². The van der Waals surface area contributed by atoms with E-state index in [0.717, 1.165) is 32.0 Å². The average Bonchev–Trinajstić information content (AvgIpc) is 3.03. The van der Waals surface area contributed by atoms with Gasteiger partial charge in [-0.15, -0.1) is 11.3 Å². The van der Waals surface area contributed by atoms with Gasteiger partial charge in [0.1, 0.15) is 11.5 Å². The number of thiophene rings is 1. The van der Waals surface area contributed by atoms with Gasteiger partial charge in [0.05, 0.1) is 11.4 Å². The molecule has 0 atom stereocenters. The van der Waals surface area contributed by atoms with Crippen LogP contribution in [0.3, 0.4) is 0 Å². The van der Waals surface area contributed by atoms with Crippen LogP contribution in [0.4, 0.5) is 0 Å². The zero-order chi connectivity index (χ0) is 15.0. The molecule has 0 aliphatic rings. The van der Waals surface area contributed by atoms with E-state index < -0.39 is 0 Å². The number of benzene rings is 1. The van der Waals surface area contributed by atoms with Gasteiger partial charge in [-0.2, -0.15) is 0 Å². The van der Waals surface area contributed by atoms with Crippen LogP contribution in [0.15, 0.2) is 40.8 Å². The molecule has 0 aliphatic carbocycles. The number of aryl methyl sites for hydroxylation is 2. The Bertz CT molecular complexity index is 800. The van der Waals surface area contributed by atoms with Crippen molar-refractivity contribution in [3.63, 3.8) is 0 Å². The van der Waals surface area contributed by atoms with Crippen LogP contribution >= 0.6 is 11.3 Å². The van der Waals surface area contributed by atoms with E-state index in [-0.39, 0.29) is 5.91 Å². The summed E-state index contributed by atoms with van der Waals surface area (Å²) in [5.74, 6) is 1.72.